The highest BCUT2D eigenvalue weighted by Gasteiger charge is 2.13. The van der Waals surface area contributed by atoms with Crippen molar-refractivity contribution in [2.75, 3.05) is 40.9 Å². The number of rotatable bonds is 10. The van der Waals surface area contributed by atoms with Gasteiger partial charge in [-0.1, -0.05) is 36.4 Å². The van der Waals surface area contributed by atoms with Crippen LogP contribution in [0.15, 0.2) is 60.7 Å². The van der Waals surface area contributed by atoms with Gasteiger partial charge in [0.05, 0.1) is 41.2 Å². The summed E-state index contributed by atoms with van der Waals surface area (Å²) >= 11 is 0. The number of ether oxygens (including phenoxy) is 5. The van der Waals surface area contributed by atoms with E-state index < -0.39 is 0 Å². The van der Waals surface area contributed by atoms with Gasteiger partial charge in [0.15, 0.2) is 11.5 Å². The van der Waals surface area contributed by atoms with Gasteiger partial charge in [-0.15, -0.1) is 0 Å². The van der Waals surface area contributed by atoms with Gasteiger partial charge in [-0.05, 0) is 47.5 Å². The largest absolute Gasteiger partial charge is 0.497 e. The molecule has 0 unspecified atom stereocenters. The molecule has 0 aliphatic rings. The quantitative estimate of drug-likeness (QED) is 0.306. The zero-order chi connectivity index (χ0) is 25.2. The number of benzene rings is 3. The van der Waals surface area contributed by atoms with Gasteiger partial charge >= 0.3 is 0 Å². The summed E-state index contributed by atoms with van der Waals surface area (Å²) < 4.78 is 26.9. The second-order valence-electron chi connectivity index (χ2n) is 7.31. The molecule has 0 heterocycles. The smallest absolute Gasteiger partial charge is 0.248 e. The van der Waals surface area contributed by atoms with E-state index in [4.69, 9.17) is 23.7 Å². The van der Waals surface area contributed by atoms with Gasteiger partial charge in [0, 0.05) is 11.6 Å². The summed E-state index contributed by atoms with van der Waals surface area (Å²) in [5.74, 6) is 2.63. The third-order valence-electron chi connectivity index (χ3n) is 5.21. The van der Waals surface area contributed by atoms with E-state index in [-0.39, 0.29) is 5.91 Å². The Hall–Kier alpha value is -4.39. The lowest BCUT2D eigenvalue weighted by atomic mass is 10.1. The fourth-order valence-corrected chi connectivity index (χ4v) is 3.43. The molecule has 3 rings (SSSR count). The minimum Gasteiger partial charge on any atom is -0.497 e. The topological polar surface area (TPSA) is 75.3 Å². The van der Waals surface area contributed by atoms with E-state index in [1.165, 1.54) is 6.08 Å². The van der Waals surface area contributed by atoms with Gasteiger partial charge < -0.3 is 29.0 Å². The molecule has 182 valence electrons. The predicted octanol–water partition coefficient (Wildman–Crippen LogP) is 5.55. The number of amides is 1. The number of hydrogen-bond donors (Lipinski definition) is 1. The lowest BCUT2D eigenvalue weighted by Gasteiger charge is -2.13. The normalized spacial score (nSPS) is 10.9. The molecule has 0 aliphatic heterocycles. The fraction of sp³-hybridized carbons (Fsp3) is 0.179. The van der Waals surface area contributed by atoms with Crippen molar-refractivity contribution in [3.63, 3.8) is 0 Å². The summed E-state index contributed by atoms with van der Waals surface area (Å²) in [6, 6.07) is 16.6. The Morgan fingerprint density at radius 3 is 1.91 bits per heavy atom. The first-order valence-corrected chi connectivity index (χ1v) is 10.8. The molecule has 3 aromatic rings. The van der Waals surface area contributed by atoms with Crippen molar-refractivity contribution in [2.24, 2.45) is 0 Å². The summed E-state index contributed by atoms with van der Waals surface area (Å²) in [6.45, 7) is 0. The van der Waals surface area contributed by atoms with E-state index in [9.17, 15) is 4.79 Å². The Labute approximate surface area is 205 Å². The van der Waals surface area contributed by atoms with Gasteiger partial charge in [-0.3, -0.25) is 4.79 Å². The van der Waals surface area contributed by atoms with E-state index in [0.717, 1.165) is 22.4 Å². The monoisotopic (exact) mass is 475 g/mol. The average Bonchev–Trinajstić information content (AvgIpc) is 2.90. The molecule has 0 spiro atoms. The Kier molecular flexibility index (Phi) is 8.78. The maximum atomic E-state index is 12.7. The molecule has 0 bridgehead atoms. The van der Waals surface area contributed by atoms with Crippen LogP contribution in [0, 0.1) is 0 Å². The third-order valence-corrected chi connectivity index (χ3v) is 5.21. The van der Waals surface area contributed by atoms with E-state index in [1.54, 1.807) is 47.7 Å². The van der Waals surface area contributed by atoms with Gasteiger partial charge in [0.25, 0.3) is 0 Å². The van der Waals surface area contributed by atoms with Crippen LogP contribution < -0.4 is 29.0 Å². The molecule has 1 N–H and O–H groups in total. The van der Waals surface area contributed by atoms with Crippen LogP contribution in [0.2, 0.25) is 0 Å². The molecule has 0 saturated heterocycles. The van der Waals surface area contributed by atoms with Crippen molar-refractivity contribution in [2.45, 2.75) is 0 Å². The Morgan fingerprint density at radius 2 is 1.34 bits per heavy atom. The minimum absolute atomic E-state index is 0.284. The van der Waals surface area contributed by atoms with Gasteiger partial charge in [0.1, 0.15) is 11.5 Å². The van der Waals surface area contributed by atoms with E-state index in [0.29, 0.717) is 28.7 Å². The van der Waals surface area contributed by atoms with Gasteiger partial charge in [-0.25, -0.2) is 0 Å². The molecule has 0 fully saturated rings. The highest BCUT2D eigenvalue weighted by Crippen LogP contribution is 2.39. The van der Waals surface area contributed by atoms with Crippen LogP contribution in [0.4, 0.5) is 5.69 Å². The molecule has 0 saturated carbocycles. The Bertz CT molecular complexity index is 1190. The second-order valence-corrected chi connectivity index (χ2v) is 7.31. The van der Waals surface area contributed by atoms with Crippen LogP contribution in [0.5, 0.6) is 28.7 Å². The lowest BCUT2D eigenvalue weighted by molar-refractivity contribution is -0.111. The minimum atomic E-state index is -0.284. The summed E-state index contributed by atoms with van der Waals surface area (Å²) in [5.41, 5.74) is 3.04. The van der Waals surface area contributed by atoms with E-state index in [2.05, 4.69) is 5.32 Å². The molecule has 1 amide bonds. The van der Waals surface area contributed by atoms with Gasteiger partial charge in [-0.2, -0.15) is 0 Å². The van der Waals surface area contributed by atoms with E-state index >= 15 is 0 Å². The zero-order valence-electron chi connectivity index (χ0n) is 20.5. The van der Waals surface area contributed by atoms with E-state index in [1.807, 2.05) is 60.7 Å². The number of para-hydroxylation sites is 1. The van der Waals surface area contributed by atoms with Crippen molar-refractivity contribution >= 4 is 29.8 Å². The standard InChI is InChI=1S/C28H29NO6/c1-31-22-14-10-19(11-15-22)12-16-26(30)29-27-21(7-6-8-23(27)32-2)13-9-20-17-24(33-3)28(35-5)25(18-20)34-4/h6-18H,1-5H3,(H,29,30)/b13-9+,16-12+. The first kappa shape index (κ1) is 25.2. The molecule has 35 heavy (non-hydrogen) atoms. The second kappa shape index (κ2) is 12.2. The van der Waals surface area contributed by atoms with Crippen molar-refractivity contribution in [3.05, 3.63) is 77.4 Å². The van der Waals surface area contributed by atoms with Crippen molar-refractivity contribution < 1.29 is 28.5 Å². The molecule has 0 aromatic heterocycles. The maximum absolute atomic E-state index is 12.7. The number of carbonyl (C=O) groups is 1. The van der Waals surface area contributed by atoms with Crippen LogP contribution in [0.3, 0.4) is 0 Å². The van der Waals surface area contributed by atoms with Gasteiger partial charge in [0.2, 0.25) is 11.7 Å². The van der Waals surface area contributed by atoms with Crippen LogP contribution in [0.25, 0.3) is 18.2 Å². The SMILES string of the molecule is COc1ccc(/C=C/C(=O)Nc2c(/C=C/c3cc(OC)c(OC)c(OC)c3)cccc2OC)cc1. The highest BCUT2D eigenvalue weighted by atomic mass is 16.5. The summed E-state index contributed by atoms with van der Waals surface area (Å²) in [4.78, 5) is 12.7. The highest BCUT2D eigenvalue weighted by molar-refractivity contribution is 6.04. The molecule has 7 heteroatoms. The van der Waals surface area contributed by atoms with Crippen molar-refractivity contribution in [1.82, 2.24) is 0 Å². The Morgan fingerprint density at radius 1 is 0.686 bits per heavy atom. The molecular weight excluding hydrogens is 446 g/mol. The molecule has 7 nitrogen and oxygen atoms in total. The van der Waals surface area contributed by atoms with Crippen molar-refractivity contribution in [3.8, 4) is 28.7 Å². The number of hydrogen-bond acceptors (Lipinski definition) is 6. The number of carbonyl (C=O) groups excluding carboxylic acids is 1. The summed E-state index contributed by atoms with van der Waals surface area (Å²) in [6.07, 6.45) is 6.98. The predicted molar refractivity (Wildman–Crippen MR) is 139 cm³/mol. The summed E-state index contributed by atoms with van der Waals surface area (Å²) in [7, 11) is 7.87. The number of anilines is 1. The first-order valence-electron chi connectivity index (χ1n) is 10.8. The lowest BCUT2D eigenvalue weighted by Crippen LogP contribution is -2.10. The third kappa shape index (κ3) is 6.35. The average molecular weight is 476 g/mol. The van der Waals surface area contributed by atoms with Crippen LogP contribution >= 0.6 is 0 Å². The fourth-order valence-electron chi connectivity index (χ4n) is 3.43. The number of methoxy groups -OCH3 is 5. The Balaban J connectivity index is 1.86. The van der Waals surface area contributed by atoms with Crippen LogP contribution in [-0.4, -0.2) is 41.5 Å². The first-order chi connectivity index (χ1) is 17.0. The van der Waals surface area contributed by atoms with Crippen LogP contribution in [-0.2, 0) is 4.79 Å². The maximum Gasteiger partial charge on any atom is 0.248 e. The molecule has 3 aromatic carbocycles. The number of nitrogens with one attached hydrogen (secondary N) is 1. The molecule has 0 aliphatic carbocycles. The molecular formula is C28H29NO6. The zero-order valence-corrected chi connectivity index (χ0v) is 20.5. The van der Waals surface area contributed by atoms with Crippen LogP contribution in [0.1, 0.15) is 16.7 Å². The molecule has 0 radical (unpaired) electrons. The molecule has 0 atom stereocenters. The summed E-state index contributed by atoms with van der Waals surface area (Å²) in [5, 5.41) is 2.93. The van der Waals surface area contributed by atoms with Crippen molar-refractivity contribution in [1.29, 1.82) is 0 Å².